The van der Waals surface area contributed by atoms with E-state index in [1.807, 2.05) is 19.9 Å². The van der Waals surface area contributed by atoms with E-state index in [9.17, 15) is 13.2 Å². The van der Waals surface area contributed by atoms with Crippen LogP contribution in [0.5, 0.6) is 0 Å². The summed E-state index contributed by atoms with van der Waals surface area (Å²) in [5.74, 6) is 0.375. The van der Waals surface area contributed by atoms with Gasteiger partial charge >= 0.3 is 0 Å². The van der Waals surface area contributed by atoms with Crippen LogP contribution in [0.2, 0.25) is 0 Å². The van der Waals surface area contributed by atoms with Crippen LogP contribution in [0.25, 0.3) is 0 Å². The fourth-order valence-corrected chi connectivity index (χ4v) is 5.62. The van der Waals surface area contributed by atoms with Crippen molar-refractivity contribution in [2.75, 3.05) is 19.6 Å². The molecule has 1 aliphatic heterocycles. The first-order valence-corrected chi connectivity index (χ1v) is 10.7. The number of carbonyl (C=O) groups is 1. The Kier molecular flexibility index (Phi) is 6.79. The van der Waals surface area contributed by atoms with Crippen molar-refractivity contribution < 1.29 is 13.2 Å². The lowest BCUT2D eigenvalue weighted by Gasteiger charge is -2.28. The number of hydrogen-bond acceptors (Lipinski definition) is 5. The van der Waals surface area contributed by atoms with Crippen LogP contribution >= 0.6 is 11.3 Å². The SMILES string of the molecule is CC(C)CC(=O)NCCc1ccc(S(=O)(=O)N2CCC(N)CC2)s1. The van der Waals surface area contributed by atoms with Crippen LogP contribution in [0.15, 0.2) is 16.3 Å². The number of piperidine rings is 1. The Labute approximate surface area is 148 Å². The van der Waals surface area contributed by atoms with E-state index >= 15 is 0 Å². The molecule has 0 aliphatic carbocycles. The summed E-state index contributed by atoms with van der Waals surface area (Å²) in [5, 5.41) is 2.87. The van der Waals surface area contributed by atoms with Gasteiger partial charge in [-0.3, -0.25) is 4.79 Å². The summed E-state index contributed by atoms with van der Waals surface area (Å²) in [6.45, 7) is 5.51. The van der Waals surface area contributed by atoms with Crippen molar-refractivity contribution in [2.45, 2.75) is 49.8 Å². The number of amides is 1. The average molecular weight is 374 g/mol. The Bertz CT molecular complexity index is 647. The van der Waals surface area contributed by atoms with E-state index in [4.69, 9.17) is 5.73 Å². The first-order valence-electron chi connectivity index (χ1n) is 8.40. The van der Waals surface area contributed by atoms with Crippen LogP contribution in [0.4, 0.5) is 0 Å². The van der Waals surface area contributed by atoms with Crippen LogP contribution in [-0.2, 0) is 21.2 Å². The fourth-order valence-electron chi connectivity index (χ4n) is 2.64. The molecule has 0 radical (unpaired) electrons. The normalized spacial score (nSPS) is 17.3. The monoisotopic (exact) mass is 373 g/mol. The maximum Gasteiger partial charge on any atom is 0.252 e. The predicted octanol–water partition coefficient (Wildman–Crippen LogP) is 1.56. The summed E-state index contributed by atoms with van der Waals surface area (Å²) >= 11 is 1.29. The molecule has 1 aromatic heterocycles. The van der Waals surface area contributed by atoms with Gasteiger partial charge in [0.1, 0.15) is 4.21 Å². The van der Waals surface area contributed by atoms with Gasteiger partial charge in [0.15, 0.2) is 0 Å². The van der Waals surface area contributed by atoms with Gasteiger partial charge in [-0.2, -0.15) is 4.31 Å². The van der Waals surface area contributed by atoms with Crippen molar-refractivity contribution in [2.24, 2.45) is 11.7 Å². The van der Waals surface area contributed by atoms with Crippen LogP contribution in [0, 0.1) is 5.92 Å². The minimum Gasteiger partial charge on any atom is -0.356 e. The third-order valence-corrected chi connectivity index (χ3v) is 7.53. The van der Waals surface area contributed by atoms with Gasteiger partial charge in [0.2, 0.25) is 5.91 Å². The molecule has 136 valence electrons. The summed E-state index contributed by atoms with van der Waals surface area (Å²) in [6.07, 6.45) is 2.58. The van der Waals surface area contributed by atoms with Crippen molar-refractivity contribution >= 4 is 27.3 Å². The Morgan fingerprint density at radius 3 is 2.67 bits per heavy atom. The first kappa shape index (κ1) is 19.4. The molecule has 3 N–H and O–H groups in total. The molecule has 1 aliphatic rings. The first-order chi connectivity index (χ1) is 11.3. The lowest BCUT2D eigenvalue weighted by Crippen LogP contribution is -2.42. The molecule has 2 heterocycles. The molecule has 1 saturated heterocycles. The fraction of sp³-hybridized carbons (Fsp3) is 0.688. The van der Waals surface area contributed by atoms with Gasteiger partial charge in [-0.05, 0) is 37.3 Å². The zero-order valence-electron chi connectivity index (χ0n) is 14.3. The third-order valence-electron chi connectivity index (χ3n) is 4.02. The van der Waals surface area contributed by atoms with Gasteiger partial charge < -0.3 is 11.1 Å². The van der Waals surface area contributed by atoms with Gasteiger partial charge in [0.05, 0.1) is 0 Å². The number of nitrogens with zero attached hydrogens (tertiary/aromatic N) is 1. The molecule has 6 nitrogen and oxygen atoms in total. The summed E-state index contributed by atoms with van der Waals surface area (Å²) in [7, 11) is -3.41. The number of nitrogens with two attached hydrogens (primary N) is 1. The average Bonchev–Trinajstić information content (AvgIpc) is 2.96. The highest BCUT2D eigenvalue weighted by molar-refractivity contribution is 7.91. The van der Waals surface area contributed by atoms with Crippen LogP contribution < -0.4 is 11.1 Å². The molecular weight excluding hydrogens is 346 g/mol. The summed E-state index contributed by atoms with van der Waals surface area (Å²) < 4.78 is 27.2. The van der Waals surface area contributed by atoms with Gasteiger partial charge in [0, 0.05) is 37.0 Å². The van der Waals surface area contributed by atoms with Crippen molar-refractivity contribution in [3.8, 4) is 0 Å². The Morgan fingerprint density at radius 1 is 1.38 bits per heavy atom. The highest BCUT2D eigenvalue weighted by atomic mass is 32.2. The van der Waals surface area contributed by atoms with Gasteiger partial charge in [-0.15, -0.1) is 11.3 Å². The topological polar surface area (TPSA) is 92.5 Å². The number of thiophene rings is 1. The molecule has 0 saturated carbocycles. The van der Waals surface area contributed by atoms with Gasteiger partial charge in [-0.1, -0.05) is 13.8 Å². The van der Waals surface area contributed by atoms with E-state index in [1.165, 1.54) is 15.6 Å². The highest BCUT2D eigenvalue weighted by Crippen LogP contribution is 2.27. The van der Waals surface area contributed by atoms with Crippen LogP contribution in [0.1, 0.15) is 38.0 Å². The summed E-state index contributed by atoms with van der Waals surface area (Å²) in [4.78, 5) is 12.6. The van der Waals surface area contributed by atoms with Crippen molar-refractivity contribution in [3.63, 3.8) is 0 Å². The minimum absolute atomic E-state index is 0.0408. The second-order valence-corrected chi connectivity index (χ2v) is 9.99. The molecule has 0 spiro atoms. The lowest BCUT2D eigenvalue weighted by atomic mass is 10.1. The molecule has 8 heteroatoms. The molecular formula is C16H27N3O3S2. The zero-order valence-corrected chi connectivity index (χ0v) is 16.0. The maximum absolute atomic E-state index is 12.6. The van der Waals surface area contributed by atoms with Crippen molar-refractivity contribution in [1.82, 2.24) is 9.62 Å². The molecule has 1 aromatic rings. The largest absolute Gasteiger partial charge is 0.356 e. The van der Waals surface area contributed by atoms with E-state index < -0.39 is 10.0 Å². The smallest absolute Gasteiger partial charge is 0.252 e. The molecule has 24 heavy (non-hydrogen) atoms. The summed E-state index contributed by atoms with van der Waals surface area (Å²) in [5.41, 5.74) is 5.84. The predicted molar refractivity (Wildman–Crippen MR) is 96.5 cm³/mol. The molecule has 0 unspecified atom stereocenters. The number of rotatable bonds is 7. The number of hydrogen-bond donors (Lipinski definition) is 2. The quantitative estimate of drug-likeness (QED) is 0.759. The second kappa shape index (κ2) is 8.42. The standard InChI is InChI=1S/C16H27N3O3S2/c1-12(2)11-15(20)18-8-5-14-3-4-16(23-14)24(21,22)19-9-6-13(17)7-10-19/h3-4,12-13H,5-11,17H2,1-2H3,(H,18,20). The molecule has 0 bridgehead atoms. The Balaban J connectivity index is 1.89. The summed E-state index contributed by atoms with van der Waals surface area (Å²) in [6, 6.07) is 3.60. The van der Waals surface area contributed by atoms with E-state index in [0.717, 1.165) is 4.88 Å². The molecule has 0 aromatic carbocycles. The van der Waals surface area contributed by atoms with Crippen molar-refractivity contribution in [1.29, 1.82) is 0 Å². The maximum atomic E-state index is 12.6. The van der Waals surface area contributed by atoms with Crippen LogP contribution in [-0.4, -0.2) is 44.3 Å². The van der Waals surface area contributed by atoms with E-state index in [0.29, 0.717) is 55.4 Å². The van der Waals surface area contributed by atoms with E-state index in [1.54, 1.807) is 6.07 Å². The molecule has 2 rings (SSSR count). The molecule has 1 fully saturated rings. The minimum atomic E-state index is -3.41. The number of nitrogens with one attached hydrogen (secondary N) is 1. The van der Waals surface area contributed by atoms with Crippen LogP contribution in [0.3, 0.4) is 0 Å². The number of carbonyl (C=O) groups excluding carboxylic acids is 1. The Hall–Kier alpha value is -0.960. The van der Waals surface area contributed by atoms with Gasteiger partial charge in [0.25, 0.3) is 10.0 Å². The lowest BCUT2D eigenvalue weighted by molar-refractivity contribution is -0.121. The number of sulfonamides is 1. The third kappa shape index (κ3) is 5.27. The molecule has 1 amide bonds. The Morgan fingerprint density at radius 2 is 2.04 bits per heavy atom. The molecule has 0 atom stereocenters. The second-order valence-electron chi connectivity index (χ2n) is 6.66. The zero-order chi connectivity index (χ0) is 17.7. The van der Waals surface area contributed by atoms with Gasteiger partial charge in [-0.25, -0.2) is 8.42 Å². The van der Waals surface area contributed by atoms with E-state index in [-0.39, 0.29) is 11.9 Å². The van der Waals surface area contributed by atoms with Crippen molar-refractivity contribution in [3.05, 3.63) is 17.0 Å². The highest BCUT2D eigenvalue weighted by Gasteiger charge is 2.29. The van der Waals surface area contributed by atoms with E-state index in [2.05, 4.69) is 5.32 Å².